The molecule has 2 aromatic heterocycles. The second kappa shape index (κ2) is 7.18. The van der Waals surface area contributed by atoms with Gasteiger partial charge in [-0.2, -0.15) is 5.10 Å². The fourth-order valence-electron chi connectivity index (χ4n) is 2.64. The van der Waals surface area contributed by atoms with Crippen molar-refractivity contribution in [1.82, 2.24) is 20.1 Å². The summed E-state index contributed by atoms with van der Waals surface area (Å²) in [5, 5.41) is 8.16. The molecular formula is C16H23BrN4. The molecule has 0 fully saturated rings. The molecule has 1 N–H and O–H groups in total. The second-order valence-electron chi connectivity index (χ2n) is 5.21. The van der Waals surface area contributed by atoms with E-state index in [0.29, 0.717) is 0 Å². The molecule has 0 radical (unpaired) electrons. The van der Waals surface area contributed by atoms with E-state index in [1.54, 1.807) is 0 Å². The summed E-state index contributed by atoms with van der Waals surface area (Å²) in [4.78, 5) is 4.29. The first-order valence-corrected chi connectivity index (χ1v) is 8.23. The van der Waals surface area contributed by atoms with E-state index in [-0.39, 0.29) is 6.04 Å². The van der Waals surface area contributed by atoms with Crippen LogP contribution in [-0.4, -0.2) is 21.3 Å². The van der Waals surface area contributed by atoms with Gasteiger partial charge in [-0.3, -0.25) is 9.67 Å². The van der Waals surface area contributed by atoms with E-state index in [9.17, 15) is 0 Å². The molecule has 2 heterocycles. The normalized spacial score (nSPS) is 12.6. The molecule has 2 rings (SSSR count). The van der Waals surface area contributed by atoms with Crippen LogP contribution in [0.4, 0.5) is 0 Å². The van der Waals surface area contributed by atoms with Crippen LogP contribution in [-0.2, 0) is 13.0 Å². The van der Waals surface area contributed by atoms with E-state index < -0.39 is 0 Å². The number of pyridine rings is 1. The average Bonchev–Trinajstić information content (AvgIpc) is 2.75. The van der Waals surface area contributed by atoms with Gasteiger partial charge in [-0.25, -0.2) is 0 Å². The van der Waals surface area contributed by atoms with Gasteiger partial charge < -0.3 is 5.32 Å². The SMILES string of the molecule is CCNC(Cc1c(Br)c(C)nn1CC)c1cnccc1C. The number of nitrogens with one attached hydrogen (secondary N) is 1. The van der Waals surface area contributed by atoms with E-state index in [1.807, 2.05) is 19.3 Å². The van der Waals surface area contributed by atoms with Crippen molar-refractivity contribution in [3.8, 4) is 0 Å². The van der Waals surface area contributed by atoms with Crippen LogP contribution < -0.4 is 5.32 Å². The molecule has 0 saturated heterocycles. The Kier molecular flexibility index (Phi) is 5.53. The quantitative estimate of drug-likeness (QED) is 0.865. The first-order valence-electron chi connectivity index (χ1n) is 7.44. The number of hydrogen-bond acceptors (Lipinski definition) is 3. The number of likely N-dealkylation sites (N-methyl/N-ethyl adjacent to an activating group) is 1. The lowest BCUT2D eigenvalue weighted by Gasteiger charge is -2.20. The zero-order valence-corrected chi connectivity index (χ0v) is 14.7. The summed E-state index contributed by atoms with van der Waals surface area (Å²) >= 11 is 3.69. The molecule has 0 aliphatic rings. The van der Waals surface area contributed by atoms with Gasteiger partial charge >= 0.3 is 0 Å². The van der Waals surface area contributed by atoms with Gasteiger partial charge in [0.2, 0.25) is 0 Å². The molecule has 21 heavy (non-hydrogen) atoms. The van der Waals surface area contributed by atoms with Crippen LogP contribution in [0.2, 0.25) is 0 Å². The van der Waals surface area contributed by atoms with Crippen LogP contribution in [0.3, 0.4) is 0 Å². The first kappa shape index (κ1) is 16.2. The molecule has 4 nitrogen and oxygen atoms in total. The van der Waals surface area contributed by atoms with Crippen LogP contribution >= 0.6 is 15.9 Å². The predicted octanol–water partition coefficient (Wildman–Crippen LogP) is 3.57. The monoisotopic (exact) mass is 350 g/mol. The molecule has 114 valence electrons. The number of nitrogens with zero attached hydrogens (tertiary/aromatic N) is 3. The maximum absolute atomic E-state index is 4.58. The summed E-state index contributed by atoms with van der Waals surface area (Å²) in [6.07, 6.45) is 4.71. The van der Waals surface area contributed by atoms with Gasteiger partial charge in [0, 0.05) is 31.4 Å². The van der Waals surface area contributed by atoms with E-state index in [0.717, 1.165) is 29.7 Å². The van der Waals surface area contributed by atoms with Crippen molar-refractivity contribution in [1.29, 1.82) is 0 Å². The van der Waals surface area contributed by atoms with Gasteiger partial charge in [-0.15, -0.1) is 0 Å². The van der Waals surface area contributed by atoms with Crippen molar-refractivity contribution in [3.63, 3.8) is 0 Å². The van der Waals surface area contributed by atoms with Gasteiger partial charge in [0.1, 0.15) is 0 Å². The van der Waals surface area contributed by atoms with Gasteiger partial charge in [0.25, 0.3) is 0 Å². The zero-order chi connectivity index (χ0) is 15.4. The summed E-state index contributed by atoms with van der Waals surface area (Å²) in [5.74, 6) is 0. The Balaban J connectivity index is 2.35. The highest BCUT2D eigenvalue weighted by atomic mass is 79.9. The van der Waals surface area contributed by atoms with Gasteiger partial charge in [-0.05, 0) is 60.4 Å². The molecular weight excluding hydrogens is 328 g/mol. The van der Waals surface area contributed by atoms with E-state index in [2.05, 4.69) is 62.8 Å². The van der Waals surface area contributed by atoms with Crippen molar-refractivity contribution in [2.24, 2.45) is 0 Å². The molecule has 0 aliphatic carbocycles. The van der Waals surface area contributed by atoms with E-state index >= 15 is 0 Å². The molecule has 5 heteroatoms. The maximum Gasteiger partial charge on any atom is 0.0738 e. The summed E-state index contributed by atoms with van der Waals surface area (Å²) < 4.78 is 3.20. The lowest BCUT2D eigenvalue weighted by molar-refractivity contribution is 0.512. The van der Waals surface area contributed by atoms with Crippen LogP contribution in [0.15, 0.2) is 22.9 Å². The average molecular weight is 351 g/mol. The molecule has 0 aromatic carbocycles. The highest BCUT2D eigenvalue weighted by Gasteiger charge is 2.19. The summed E-state index contributed by atoms with van der Waals surface area (Å²) in [7, 11) is 0. The maximum atomic E-state index is 4.58. The topological polar surface area (TPSA) is 42.7 Å². The van der Waals surface area contributed by atoms with Crippen molar-refractivity contribution >= 4 is 15.9 Å². The Bertz CT molecular complexity index is 606. The van der Waals surface area contributed by atoms with Crippen molar-refractivity contribution in [2.75, 3.05) is 6.54 Å². The number of halogens is 1. The molecule has 0 saturated carbocycles. The Hall–Kier alpha value is -1.20. The minimum absolute atomic E-state index is 0.251. The number of aromatic nitrogens is 3. The zero-order valence-electron chi connectivity index (χ0n) is 13.2. The Morgan fingerprint density at radius 2 is 2.10 bits per heavy atom. The highest BCUT2D eigenvalue weighted by Crippen LogP contribution is 2.27. The molecule has 2 aromatic rings. The Morgan fingerprint density at radius 3 is 2.71 bits per heavy atom. The van der Waals surface area contributed by atoms with Crippen LogP contribution in [0.5, 0.6) is 0 Å². The lowest BCUT2D eigenvalue weighted by atomic mass is 9.99. The van der Waals surface area contributed by atoms with Crippen molar-refractivity contribution in [2.45, 2.75) is 46.7 Å². The smallest absolute Gasteiger partial charge is 0.0738 e. The number of aryl methyl sites for hydroxylation is 3. The largest absolute Gasteiger partial charge is 0.310 e. The first-order chi connectivity index (χ1) is 10.1. The molecule has 0 amide bonds. The molecule has 0 spiro atoms. The van der Waals surface area contributed by atoms with Crippen LogP contribution in [0, 0.1) is 13.8 Å². The van der Waals surface area contributed by atoms with Gasteiger partial charge in [0.05, 0.1) is 15.9 Å². The summed E-state index contributed by atoms with van der Waals surface area (Å²) in [6, 6.07) is 2.32. The molecule has 1 atom stereocenters. The standard InChI is InChI=1S/C16H23BrN4/c1-5-19-14(13-10-18-8-7-11(13)3)9-15-16(17)12(4)20-21(15)6-2/h7-8,10,14,19H,5-6,9H2,1-4H3. The molecule has 0 bridgehead atoms. The van der Waals surface area contributed by atoms with Crippen LogP contribution in [0.25, 0.3) is 0 Å². The van der Waals surface area contributed by atoms with Crippen molar-refractivity contribution < 1.29 is 0 Å². The number of rotatable bonds is 6. The Labute approximate surface area is 135 Å². The van der Waals surface area contributed by atoms with Crippen LogP contribution in [0.1, 0.15) is 42.4 Å². The minimum atomic E-state index is 0.251. The minimum Gasteiger partial charge on any atom is -0.310 e. The molecule has 0 aliphatic heterocycles. The number of hydrogen-bond donors (Lipinski definition) is 1. The third-order valence-electron chi connectivity index (χ3n) is 3.76. The van der Waals surface area contributed by atoms with Gasteiger partial charge in [0.15, 0.2) is 0 Å². The van der Waals surface area contributed by atoms with Crippen molar-refractivity contribution in [3.05, 3.63) is 45.4 Å². The molecule has 1 unspecified atom stereocenters. The fourth-order valence-corrected chi connectivity index (χ4v) is 3.08. The fraction of sp³-hybridized carbons (Fsp3) is 0.500. The Morgan fingerprint density at radius 1 is 1.33 bits per heavy atom. The van der Waals surface area contributed by atoms with E-state index in [1.165, 1.54) is 16.8 Å². The lowest BCUT2D eigenvalue weighted by Crippen LogP contribution is -2.25. The predicted molar refractivity (Wildman–Crippen MR) is 89.4 cm³/mol. The summed E-state index contributed by atoms with van der Waals surface area (Å²) in [6.45, 7) is 10.2. The van der Waals surface area contributed by atoms with E-state index in [4.69, 9.17) is 0 Å². The van der Waals surface area contributed by atoms with Gasteiger partial charge in [-0.1, -0.05) is 6.92 Å². The summed E-state index contributed by atoms with van der Waals surface area (Å²) in [5.41, 5.74) is 4.81. The third-order valence-corrected chi connectivity index (χ3v) is 4.79. The highest BCUT2D eigenvalue weighted by molar-refractivity contribution is 9.10. The second-order valence-corrected chi connectivity index (χ2v) is 6.00. The third kappa shape index (κ3) is 3.52.